The summed E-state index contributed by atoms with van der Waals surface area (Å²) in [5.74, 6) is 0.671. The number of rotatable bonds is 7. The van der Waals surface area contributed by atoms with Crippen LogP contribution in [0, 0.1) is 11.2 Å². The summed E-state index contributed by atoms with van der Waals surface area (Å²) in [6, 6.07) is 6.02. The molecule has 0 fully saturated rings. The largest absolute Gasteiger partial charge is 0.489 e. The maximum absolute atomic E-state index is 13.1. The highest BCUT2D eigenvalue weighted by Crippen LogP contribution is 2.14. The van der Waals surface area contributed by atoms with Crippen LogP contribution >= 0.6 is 0 Å². The van der Waals surface area contributed by atoms with E-state index in [0.717, 1.165) is 0 Å². The molecule has 24 heavy (non-hydrogen) atoms. The van der Waals surface area contributed by atoms with Gasteiger partial charge in [0.1, 0.15) is 17.7 Å². The van der Waals surface area contributed by atoms with Crippen LogP contribution in [0.15, 0.2) is 29.3 Å². The summed E-state index contributed by atoms with van der Waals surface area (Å²) in [5.41, 5.74) is -0.559. The zero-order valence-corrected chi connectivity index (χ0v) is 14.9. The summed E-state index contributed by atoms with van der Waals surface area (Å²) in [6.07, 6.45) is -0.183. The SMILES string of the molecule is CN=C(NCC(C)Oc1cccc(F)c1)NCC(C)(C)C(=O)NC. The van der Waals surface area contributed by atoms with Crippen molar-refractivity contribution < 1.29 is 13.9 Å². The predicted octanol–water partition coefficient (Wildman–Crippen LogP) is 1.53. The molecule has 0 aliphatic rings. The van der Waals surface area contributed by atoms with Gasteiger partial charge in [0.05, 0.1) is 12.0 Å². The molecule has 0 aliphatic carbocycles. The van der Waals surface area contributed by atoms with Crippen LogP contribution < -0.4 is 20.7 Å². The molecular weight excluding hydrogens is 311 g/mol. The topological polar surface area (TPSA) is 74.8 Å². The van der Waals surface area contributed by atoms with Crippen LogP contribution in [0.25, 0.3) is 0 Å². The van der Waals surface area contributed by atoms with Crippen LogP contribution in [-0.2, 0) is 4.79 Å². The third-order valence-corrected chi connectivity index (χ3v) is 3.45. The maximum Gasteiger partial charge on any atom is 0.227 e. The number of ether oxygens (including phenoxy) is 1. The molecule has 0 saturated heterocycles. The Morgan fingerprint density at radius 1 is 1.38 bits per heavy atom. The fourth-order valence-electron chi connectivity index (χ4n) is 2.00. The Balaban J connectivity index is 2.45. The summed E-state index contributed by atoms with van der Waals surface area (Å²) >= 11 is 0. The highest BCUT2D eigenvalue weighted by molar-refractivity contribution is 5.84. The number of carbonyl (C=O) groups is 1. The summed E-state index contributed by atoms with van der Waals surface area (Å²) in [5, 5.41) is 8.88. The molecule has 0 aromatic heterocycles. The molecule has 1 aromatic rings. The second kappa shape index (κ2) is 9.10. The molecule has 0 saturated carbocycles. The highest BCUT2D eigenvalue weighted by Gasteiger charge is 2.26. The molecule has 6 nitrogen and oxygen atoms in total. The monoisotopic (exact) mass is 338 g/mol. The van der Waals surface area contributed by atoms with E-state index in [9.17, 15) is 9.18 Å². The fraction of sp³-hybridized carbons (Fsp3) is 0.529. The van der Waals surface area contributed by atoms with E-state index in [0.29, 0.717) is 24.8 Å². The van der Waals surface area contributed by atoms with E-state index in [1.165, 1.54) is 12.1 Å². The number of amides is 1. The summed E-state index contributed by atoms with van der Waals surface area (Å²) in [4.78, 5) is 15.9. The molecule has 0 spiro atoms. The Morgan fingerprint density at radius 2 is 2.08 bits per heavy atom. The molecule has 7 heteroatoms. The van der Waals surface area contributed by atoms with Gasteiger partial charge < -0.3 is 20.7 Å². The van der Waals surface area contributed by atoms with Gasteiger partial charge >= 0.3 is 0 Å². The van der Waals surface area contributed by atoms with Crippen molar-refractivity contribution in [3.8, 4) is 5.75 Å². The molecule has 0 radical (unpaired) electrons. The van der Waals surface area contributed by atoms with Crippen LogP contribution in [0.4, 0.5) is 4.39 Å². The Bertz CT molecular complexity index is 575. The smallest absolute Gasteiger partial charge is 0.227 e. The van der Waals surface area contributed by atoms with Gasteiger partial charge in [0.25, 0.3) is 0 Å². The van der Waals surface area contributed by atoms with Gasteiger partial charge in [0.2, 0.25) is 5.91 Å². The van der Waals surface area contributed by atoms with E-state index in [4.69, 9.17) is 4.74 Å². The molecule has 134 valence electrons. The molecule has 1 rings (SSSR count). The standard InChI is InChI=1S/C17H27FN4O2/c1-12(24-14-8-6-7-13(18)9-14)10-21-16(20-5)22-11-17(2,3)15(23)19-4/h6-9,12H,10-11H2,1-5H3,(H,19,23)(H2,20,21,22). The van der Waals surface area contributed by atoms with Gasteiger partial charge in [-0.2, -0.15) is 0 Å². The van der Waals surface area contributed by atoms with E-state index < -0.39 is 5.41 Å². The Labute approximate surface area is 142 Å². The Hall–Kier alpha value is -2.31. The van der Waals surface area contributed by atoms with Crippen molar-refractivity contribution >= 4 is 11.9 Å². The lowest BCUT2D eigenvalue weighted by atomic mass is 9.92. The number of carbonyl (C=O) groups excluding carboxylic acids is 1. The average Bonchev–Trinajstić information content (AvgIpc) is 2.54. The van der Waals surface area contributed by atoms with Gasteiger partial charge in [0.15, 0.2) is 5.96 Å². The summed E-state index contributed by atoms with van der Waals surface area (Å²) in [6.45, 7) is 6.49. The van der Waals surface area contributed by atoms with Crippen molar-refractivity contribution in [1.82, 2.24) is 16.0 Å². The quantitative estimate of drug-likeness (QED) is 0.521. The zero-order chi connectivity index (χ0) is 18.2. The number of benzene rings is 1. The first-order chi connectivity index (χ1) is 11.3. The van der Waals surface area contributed by atoms with Crippen LogP contribution in [0.5, 0.6) is 5.75 Å². The van der Waals surface area contributed by atoms with Gasteiger partial charge in [0, 0.05) is 26.7 Å². The fourth-order valence-corrected chi connectivity index (χ4v) is 2.00. The number of nitrogens with one attached hydrogen (secondary N) is 3. The van der Waals surface area contributed by atoms with Crippen molar-refractivity contribution in [2.75, 3.05) is 27.2 Å². The van der Waals surface area contributed by atoms with E-state index in [-0.39, 0.29) is 17.8 Å². The minimum absolute atomic E-state index is 0.0479. The lowest BCUT2D eigenvalue weighted by Crippen LogP contribution is -2.48. The molecule has 1 aromatic carbocycles. The zero-order valence-electron chi connectivity index (χ0n) is 14.9. The summed E-state index contributed by atoms with van der Waals surface area (Å²) < 4.78 is 18.8. The first kappa shape index (κ1) is 19.7. The number of guanidine groups is 1. The molecule has 1 atom stereocenters. The molecule has 1 amide bonds. The van der Waals surface area contributed by atoms with Crippen molar-refractivity contribution in [2.24, 2.45) is 10.4 Å². The lowest BCUT2D eigenvalue weighted by molar-refractivity contribution is -0.128. The number of aliphatic imine (C=N–C) groups is 1. The Kier molecular flexibility index (Phi) is 7.48. The minimum Gasteiger partial charge on any atom is -0.489 e. The van der Waals surface area contributed by atoms with Gasteiger partial charge in [-0.15, -0.1) is 0 Å². The summed E-state index contributed by atoms with van der Waals surface area (Å²) in [7, 11) is 3.27. The number of hydrogen-bond donors (Lipinski definition) is 3. The molecule has 0 bridgehead atoms. The van der Waals surface area contributed by atoms with Crippen LogP contribution in [-0.4, -0.2) is 45.2 Å². The Morgan fingerprint density at radius 3 is 2.67 bits per heavy atom. The van der Waals surface area contributed by atoms with Gasteiger partial charge in [-0.3, -0.25) is 9.79 Å². The van der Waals surface area contributed by atoms with Crippen molar-refractivity contribution in [3.63, 3.8) is 0 Å². The maximum atomic E-state index is 13.1. The van der Waals surface area contributed by atoms with Crippen molar-refractivity contribution in [3.05, 3.63) is 30.1 Å². The third kappa shape index (κ3) is 6.44. The molecule has 0 heterocycles. The number of halogens is 1. The predicted molar refractivity (Wildman–Crippen MR) is 93.7 cm³/mol. The molecule has 0 aliphatic heterocycles. The van der Waals surface area contributed by atoms with E-state index in [1.54, 1.807) is 26.2 Å². The highest BCUT2D eigenvalue weighted by atomic mass is 19.1. The van der Waals surface area contributed by atoms with E-state index in [2.05, 4.69) is 20.9 Å². The number of nitrogens with zero attached hydrogens (tertiary/aromatic N) is 1. The van der Waals surface area contributed by atoms with E-state index in [1.807, 2.05) is 20.8 Å². The first-order valence-corrected chi connectivity index (χ1v) is 7.87. The second-order valence-electron chi connectivity index (χ2n) is 6.16. The van der Waals surface area contributed by atoms with Crippen LogP contribution in [0.3, 0.4) is 0 Å². The molecule has 3 N–H and O–H groups in total. The molecule has 1 unspecified atom stereocenters. The first-order valence-electron chi connectivity index (χ1n) is 7.87. The van der Waals surface area contributed by atoms with Gasteiger partial charge in [-0.1, -0.05) is 6.07 Å². The lowest BCUT2D eigenvalue weighted by Gasteiger charge is -2.24. The average molecular weight is 338 g/mol. The van der Waals surface area contributed by atoms with Crippen molar-refractivity contribution in [1.29, 1.82) is 0 Å². The molecular formula is C17H27FN4O2. The van der Waals surface area contributed by atoms with Crippen LogP contribution in [0.1, 0.15) is 20.8 Å². The third-order valence-electron chi connectivity index (χ3n) is 3.45. The normalized spacial score (nSPS) is 13.2. The van der Waals surface area contributed by atoms with Gasteiger partial charge in [-0.05, 0) is 32.9 Å². The van der Waals surface area contributed by atoms with Gasteiger partial charge in [-0.25, -0.2) is 4.39 Å². The van der Waals surface area contributed by atoms with Crippen molar-refractivity contribution in [2.45, 2.75) is 26.9 Å². The van der Waals surface area contributed by atoms with Crippen LogP contribution in [0.2, 0.25) is 0 Å². The minimum atomic E-state index is -0.559. The van der Waals surface area contributed by atoms with E-state index >= 15 is 0 Å². The number of hydrogen-bond acceptors (Lipinski definition) is 3. The second-order valence-corrected chi connectivity index (χ2v) is 6.16.